The van der Waals surface area contributed by atoms with Crippen LogP contribution in [-0.4, -0.2) is 40.3 Å². The minimum atomic E-state index is -0.657. The molecule has 1 aliphatic rings. The maximum atomic E-state index is 13.4. The first-order valence-corrected chi connectivity index (χ1v) is 12.8. The zero-order chi connectivity index (χ0) is 25.5. The number of nitrogens with one attached hydrogen (secondary N) is 1. The van der Waals surface area contributed by atoms with E-state index in [0.29, 0.717) is 46.9 Å². The number of halogens is 2. The average molecular weight is 526 g/mol. The molecule has 0 radical (unpaired) electrons. The molecule has 0 saturated carbocycles. The predicted octanol–water partition coefficient (Wildman–Crippen LogP) is 6.08. The van der Waals surface area contributed by atoms with E-state index in [1.54, 1.807) is 41.3 Å². The Morgan fingerprint density at radius 2 is 1.81 bits per heavy atom. The second-order valence-corrected chi connectivity index (χ2v) is 9.66. The molecule has 2 amide bonds. The zero-order valence-corrected chi connectivity index (χ0v) is 21.2. The van der Waals surface area contributed by atoms with Crippen LogP contribution in [0.1, 0.15) is 18.9 Å². The van der Waals surface area contributed by atoms with Gasteiger partial charge in [0.25, 0.3) is 0 Å². The third-order valence-corrected chi connectivity index (χ3v) is 6.89. The zero-order valence-electron chi connectivity index (χ0n) is 19.6. The fourth-order valence-electron chi connectivity index (χ4n) is 3.60. The highest BCUT2D eigenvalue weighted by molar-refractivity contribution is 8.15. The highest BCUT2D eigenvalue weighted by atomic mass is 35.5. The molecule has 36 heavy (non-hydrogen) atoms. The molecular weight excluding hydrogens is 501 g/mol. The van der Waals surface area contributed by atoms with Gasteiger partial charge in [0.1, 0.15) is 16.8 Å². The van der Waals surface area contributed by atoms with Crippen LogP contribution >= 0.6 is 23.4 Å². The van der Waals surface area contributed by atoms with E-state index in [1.807, 2.05) is 19.1 Å². The molecule has 1 aliphatic heterocycles. The van der Waals surface area contributed by atoms with Crippen molar-refractivity contribution in [3.63, 3.8) is 0 Å². The Labute approximate surface area is 218 Å². The Hall–Kier alpha value is -3.36. The van der Waals surface area contributed by atoms with Crippen LogP contribution in [0, 0.1) is 5.82 Å². The van der Waals surface area contributed by atoms with E-state index in [-0.39, 0.29) is 24.1 Å². The molecule has 0 aliphatic carbocycles. The molecule has 186 valence electrons. The third-order valence-electron chi connectivity index (χ3n) is 5.45. The summed E-state index contributed by atoms with van der Waals surface area (Å²) in [6.45, 7) is 2.84. The first-order chi connectivity index (χ1) is 17.4. The van der Waals surface area contributed by atoms with Crippen molar-refractivity contribution in [3.05, 3.63) is 89.2 Å². The summed E-state index contributed by atoms with van der Waals surface area (Å²) in [6, 6.07) is 20.2. The lowest BCUT2D eigenvalue weighted by Gasteiger charge is -2.32. The number of thioether (sulfide) groups is 1. The van der Waals surface area contributed by atoms with E-state index in [1.165, 1.54) is 36.0 Å². The summed E-state index contributed by atoms with van der Waals surface area (Å²) in [5.74, 6) is -0.154. The molecule has 0 spiro atoms. The standard InChI is InChI=1S/C27H25ClFN3O3S/c1-2-35-23-13-11-21(12-14-23)30-26(34)24-17-25(33)32(16-15-18-3-5-19(28)6-4-18)27(36-24)31-22-9-7-20(29)8-10-22/h3-14,24H,2,15-17H2,1H3,(H,30,34). The van der Waals surface area contributed by atoms with Gasteiger partial charge in [-0.3, -0.25) is 14.5 Å². The Balaban J connectivity index is 1.51. The monoisotopic (exact) mass is 525 g/mol. The van der Waals surface area contributed by atoms with Crippen molar-refractivity contribution in [1.29, 1.82) is 0 Å². The van der Waals surface area contributed by atoms with Gasteiger partial charge in [-0.25, -0.2) is 9.38 Å². The van der Waals surface area contributed by atoms with Crippen molar-refractivity contribution in [2.75, 3.05) is 18.5 Å². The topological polar surface area (TPSA) is 71.0 Å². The smallest absolute Gasteiger partial charge is 0.238 e. The summed E-state index contributed by atoms with van der Waals surface area (Å²) in [4.78, 5) is 32.4. The molecule has 1 unspecified atom stereocenters. The SMILES string of the molecule is CCOc1ccc(NC(=O)C2CC(=O)N(CCc3ccc(Cl)cc3)C(=Nc3ccc(F)cc3)S2)cc1. The number of ether oxygens (including phenoxy) is 1. The lowest BCUT2D eigenvalue weighted by Crippen LogP contribution is -2.46. The van der Waals surface area contributed by atoms with Gasteiger partial charge in [-0.05, 0) is 79.6 Å². The van der Waals surface area contributed by atoms with E-state index in [4.69, 9.17) is 16.3 Å². The molecule has 0 aromatic heterocycles. The summed E-state index contributed by atoms with van der Waals surface area (Å²) in [5.41, 5.74) is 2.13. The number of carbonyl (C=O) groups excluding carboxylic acids is 2. The second-order valence-electron chi connectivity index (χ2n) is 8.05. The third kappa shape index (κ3) is 6.86. The number of amidine groups is 1. The maximum Gasteiger partial charge on any atom is 0.238 e. The normalized spacial score (nSPS) is 16.8. The van der Waals surface area contributed by atoms with E-state index >= 15 is 0 Å². The summed E-state index contributed by atoms with van der Waals surface area (Å²) in [5, 5.41) is 3.25. The van der Waals surface area contributed by atoms with Crippen molar-refractivity contribution < 1.29 is 18.7 Å². The molecule has 1 N–H and O–H groups in total. The highest BCUT2D eigenvalue weighted by Gasteiger charge is 2.35. The largest absolute Gasteiger partial charge is 0.494 e. The van der Waals surface area contributed by atoms with Gasteiger partial charge >= 0.3 is 0 Å². The number of rotatable bonds is 8. The number of amides is 2. The van der Waals surface area contributed by atoms with E-state index in [0.717, 1.165) is 5.56 Å². The van der Waals surface area contributed by atoms with Crippen LogP contribution in [0.4, 0.5) is 15.8 Å². The van der Waals surface area contributed by atoms with Crippen LogP contribution in [0.2, 0.25) is 5.02 Å². The summed E-state index contributed by atoms with van der Waals surface area (Å²) >= 11 is 7.20. The Kier molecular flexibility index (Phi) is 8.61. The number of carbonyl (C=O) groups is 2. The molecule has 1 fully saturated rings. The number of hydrogen-bond acceptors (Lipinski definition) is 5. The van der Waals surface area contributed by atoms with Crippen molar-refractivity contribution in [2.24, 2.45) is 4.99 Å². The molecular formula is C27H25ClFN3O3S. The molecule has 1 atom stereocenters. The fraction of sp³-hybridized carbons (Fsp3) is 0.222. The number of hydrogen-bond donors (Lipinski definition) is 1. The minimum Gasteiger partial charge on any atom is -0.494 e. The molecule has 6 nitrogen and oxygen atoms in total. The maximum absolute atomic E-state index is 13.4. The molecule has 1 heterocycles. The number of benzene rings is 3. The summed E-state index contributed by atoms with van der Waals surface area (Å²) in [7, 11) is 0. The predicted molar refractivity (Wildman–Crippen MR) is 143 cm³/mol. The van der Waals surface area contributed by atoms with E-state index in [2.05, 4.69) is 10.3 Å². The molecule has 3 aromatic carbocycles. The van der Waals surface area contributed by atoms with Crippen LogP contribution in [0.3, 0.4) is 0 Å². The van der Waals surface area contributed by atoms with Crippen LogP contribution in [0.15, 0.2) is 77.8 Å². The molecule has 3 aromatic rings. The van der Waals surface area contributed by atoms with Gasteiger partial charge < -0.3 is 10.1 Å². The molecule has 1 saturated heterocycles. The van der Waals surface area contributed by atoms with E-state index in [9.17, 15) is 14.0 Å². The lowest BCUT2D eigenvalue weighted by molar-refractivity contribution is -0.129. The Bertz CT molecular complexity index is 1230. The number of aliphatic imine (C=N–C) groups is 1. The first-order valence-electron chi connectivity index (χ1n) is 11.5. The van der Waals surface area contributed by atoms with Gasteiger partial charge in [0.15, 0.2) is 5.17 Å². The number of nitrogens with zero attached hydrogens (tertiary/aromatic N) is 2. The van der Waals surface area contributed by atoms with Gasteiger partial charge in [0.05, 0.1) is 12.3 Å². The van der Waals surface area contributed by atoms with Gasteiger partial charge in [-0.2, -0.15) is 0 Å². The second kappa shape index (κ2) is 12.1. The van der Waals surface area contributed by atoms with Crippen molar-refractivity contribution in [1.82, 2.24) is 4.90 Å². The van der Waals surface area contributed by atoms with Crippen LogP contribution in [0.5, 0.6) is 5.75 Å². The lowest BCUT2D eigenvalue weighted by atomic mass is 10.1. The fourth-order valence-corrected chi connectivity index (χ4v) is 4.85. The highest BCUT2D eigenvalue weighted by Crippen LogP contribution is 2.30. The van der Waals surface area contributed by atoms with Crippen LogP contribution in [0.25, 0.3) is 0 Å². The van der Waals surface area contributed by atoms with Gasteiger partial charge in [0.2, 0.25) is 11.8 Å². The van der Waals surface area contributed by atoms with Crippen LogP contribution in [-0.2, 0) is 16.0 Å². The number of anilines is 1. The van der Waals surface area contributed by atoms with Crippen molar-refractivity contribution >= 4 is 51.7 Å². The van der Waals surface area contributed by atoms with Crippen molar-refractivity contribution in [3.8, 4) is 5.75 Å². The average Bonchev–Trinajstić information content (AvgIpc) is 2.87. The Morgan fingerprint density at radius 1 is 1.11 bits per heavy atom. The van der Waals surface area contributed by atoms with Crippen LogP contribution < -0.4 is 10.1 Å². The van der Waals surface area contributed by atoms with Crippen molar-refractivity contribution in [2.45, 2.75) is 25.0 Å². The van der Waals surface area contributed by atoms with Gasteiger partial charge in [0, 0.05) is 23.7 Å². The molecule has 0 bridgehead atoms. The summed E-state index contributed by atoms with van der Waals surface area (Å²) < 4.78 is 18.8. The quantitative estimate of drug-likeness (QED) is 0.387. The van der Waals surface area contributed by atoms with E-state index < -0.39 is 5.25 Å². The minimum absolute atomic E-state index is 0.0383. The van der Waals surface area contributed by atoms with Gasteiger partial charge in [-0.1, -0.05) is 35.5 Å². The summed E-state index contributed by atoms with van der Waals surface area (Å²) in [6.07, 6.45) is 0.630. The molecule has 9 heteroatoms. The van der Waals surface area contributed by atoms with Gasteiger partial charge in [-0.15, -0.1) is 0 Å². The molecule has 4 rings (SSSR count). The Morgan fingerprint density at radius 3 is 2.47 bits per heavy atom. The first kappa shape index (κ1) is 25.7.